The van der Waals surface area contributed by atoms with Crippen molar-refractivity contribution in [1.82, 2.24) is 4.98 Å². The Labute approximate surface area is 107 Å². The normalized spacial score (nSPS) is 11.3. The standard InChI is InChI=1S/C14H18N2O2/c1-14(2,3)16-12-7-4-8-13(15-12)18-10-11-6-5-9-17-11/h4-9H,10H2,1-3H3,(H,15,16). The molecule has 0 atom stereocenters. The summed E-state index contributed by atoms with van der Waals surface area (Å²) in [5.41, 5.74) is -0.0212. The van der Waals surface area contributed by atoms with E-state index in [1.54, 1.807) is 6.26 Å². The molecule has 0 fully saturated rings. The van der Waals surface area contributed by atoms with Gasteiger partial charge in [0, 0.05) is 11.6 Å². The maximum absolute atomic E-state index is 5.56. The van der Waals surface area contributed by atoms with Crippen molar-refractivity contribution in [3.8, 4) is 5.88 Å². The van der Waals surface area contributed by atoms with Crippen molar-refractivity contribution >= 4 is 5.82 Å². The molecule has 0 saturated heterocycles. The van der Waals surface area contributed by atoms with Gasteiger partial charge >= 0.3 is 0 Å². The van der Waals surface area contributed by atoms with Gasteiger partial charge in [-0.2, -0.15) is 4.98 Å². The Balaban J connectivity index is 1.99. The molecule has 4 heteroatoms. The first-order chi connectivity index (χ1) is 8.53. The van der Waals surface area contributed by atoms with Crippen LogP contribution in [0.2, 0.25) is 0 Å². The lowest BCUT2D eigenvalue weighted by Gasteiger charge is -2.21. The van der Waals surface area contributed by atoms with E-state index in [2.05, 4.69) is 31.1 Å². The van der Waals surface area contributed by atoms with Crippen LogP contribution >= 0.6 is 0 Å². The van der Waals surface area contributed by atoms with E-state index < -0.39 is 0 Å². The molecule has 0 bridgehead atoms. The summed E-state index contributed by atoms with van der Waals surface area (Å²) in [5, 5.41) is 3.30. The van der Waals surface area contributed by atoms with Gasteiger partial charge in [-0.3, -0.25) is 0 Å². The Bertz CT molecular complexity index is 487. The molecule has 4 nitrogen and oxygen atoms in total. The lowest BCUT2D eigenvalue weighted by Crippen LogP contribution is -2.26. The van der Waals surface area contributed by atoms with E-state index in [0.717, 1.165) is 11.6 Å². The van der Waals surface area contributed by atoms with E-state index in [1.807, 2.05) is 30.3 Å². The molecule has 2 aromatic heterocycles. The first kappa shape index (κ1) is 12.5. The van der Waals surface area contributed by atoms with Crippen LogP contribution in [0.1, 0.15) is 26.5 Å². The maximum atomic E-state index is 5.56. The summed E-state index contributed by atoms with van der Waals surface area (Å²) < 4.78 is 10.8. The van der Waals surface area contributed by atoms with Crippen molar-refractivity contribution < 1.29 is 9.15 Å². The third-order valence-electron chi connectivity index (χ3n) is 2.17. The number of furan rings is 1. The largest absolute Gasteiger partial charge is 0.469 e. The number of nitrogens with one attached hydrogen (secondary N) is 1. The maximum Gasteiger partial charge on any atom is 0.215 e. The predicted molar refractivity (Wildman–Crippen MR) is 70.7 cm³/mol. The molecule has 1 N–H and O–H groups in total. The van der Waals surface area contributed by atoms with Crippen LogP contribution in [0.3, 0.4) is 0 Å². The average Bonchev–Trinajstić information content (AvgIpc) is 2.77. The highest BCUT2D eigenvalue weighted by atomic mass is 16.5. The van der Waals surface area contributed by atoms with Crippen molar-refractivity contribution in [2.24, 2.45) is 0 Å². The van der Waals surface area contributed by atoms with Crippen molar-refractivity contribution in [3.05, 3.63) is 42.4 Å². The summed E-state index contributed by atoms with van der Waals surface area (Å²) in [7, 11) is 0. The lowest BCUT2D eigenvalue weighted by molar-refractivity contribution is 0.261. The summed E-state index contributed by atoms with van der Waals surface area (Å²) in [5.74, 6) is 2.17. The monoisotopic (exact) mass is 246 g/mol. The Hall–Kier alpha value is -1.97. The molecule has 0 aliphatic carbocycles. The Morgan fingerprint density at radius 3 is 2.72 bits per heavy atom. The van der Waals surface area contributed by atoms with Gasteiger partial charge < -0.3 is 14.5 Å². The fourth-order valence-electron chi connectivity index (χ4n) is 1.49. The van der Waals surface area contributed by atoms with Gasteiger partial charge in [0.05, 0.1) is 6.26 Å². The second-order valence-electron chi connectivity index (χ2n) is 5.10. The second kappa shape index (κ2) is 5.12. The van der Waals surface area contributed by atoms with E-state index in [-0.39, 0.29) is 5.54 Å². The second-order valence-corrected chi connectivity index (χ2v) is 5.10. The van der Waals surface area contributed by atoms with Gasteiger partial charge in [-0.25, -0.2) is 0 Å². The van der Waals surface area contributed by atoms with Gasteiger partial charge in [-0.05, 0) is 39.0 Å². The van der Waals surface area contributed by atoms with Crippen molar-refractivity contribution in [1.29, 1.82) is 0 Å². The van der Waals surface area contributed by atoms with Crippen molar-refractivity contribution in [2.75, 3.05) is 5.32 Å². The number of ether oxygens (including phenoxy) is 1. The number of aromatic nitrogens is 1. The molecule has 0 unspecified atom stereocenters. The number of hydrogen-bond acceptors (Lipinski definition) is 4. The smallest absolute Gasteiger partial charge is 0.215 e. The summed E-state index contributed by atoms with van der Waals surface area (Å²) >= 11 is 0. The van der Waals surface area contributed by atoms with Crippen LogP contribution < -0.4 is 10.1 Å². The zero-order valence-electron chi connectivity index (χ0n) is 10.9. The third-order valence-corrected chi connectivity index (χ3v) is 2.17. The highest BCUT2D eigenvalue weighted by Gasteiger charge is 2.10. The molecule has 2 rings (SSSR count). The van der Waals surface area contributed by atoms with Crippen LogP contribution in [0.15, 0.2) is 41.0 Å². The number of hydrogen-bond donors (Lipinski definition) is 1. The summed E-state index contributed by atoms with van der Waals surface area (Å²) in [6.07, 6.45) is 1.63. The SMILES string of the molecule is CC(C)(C)Nc1cccc(OCc2ccco2)n1. The number of anilines is 1. The molecule has 0 aliphatic heterocycles. The molecule has 2 aromatic rings. The molecule has 2 heterocycles. The molecule has 96 valence electrons. The number of nitrogens with zero attached hydrogens (tertiary/aromatic N) is 1. The minimum Gasteiger partial charge on any atom is -0.469 e. The summed E-state index contributed by atoms with van der Waals surface area (Å²) in [4.78, 5) is 4.38. The van der Waals surface area contributed by atoms with E-state index in [1.165, 1.54) is 0 Å². The number of rotatable bonds is 4. The van der Waals surface area contributed by atoms with Gasteiger partial charge in [-0.15, -0.1) is 0 Å². The van der Waals surface area contributed by atoms with Gasteiger partial charge in [0.1, 0.15) is 18.2 Å². The quantitative estimate of drug-likeness (QED) is 0.897. The first-order valence-electron chi connectivity index (χ1n) is 5.93. The minimum absolute atomic E-state index is 0.0212. The molecular weight excluding hydrogens is 228 g/mol. The van der Waals surface area contributed by atoms with Crippen molar-refractivity contribution in [2.45, 2.75) is 32.9 Å². The highest BCUT2D eigenvalue weighted by Crippen LogP contribution is 2.16. The van der Waals surface area contributed by atoms with Crippen LogP contribution in [0, 0.1) is 0 Å². The van der Waals surface area contributed by atoms with Crippen LogP contribution in [-0.4, -0.2) is 10.5 Å². The fraction of sp³-hybridized carbons (Fsp3) is 0.357. The average molecular weight is 246 g/mol. The lowest BCUT2D eigenvalue weighted by atomic mass is 10.1. The van der Waals surface area contributed by atoms with Gasteiger partial charge in [0.25, 0.3) is 0 Å². The molecular formula is C14H18N2O2. The topological polar surface area (TPSA) is 47.3 Å². The predicted octanol–water partition coefficient (Wildman–Crippen LogP) is 3.46. The molecule has 0 saturated carbocycles. The summed E-state index contributed by atoms with van der Waals surface area (Å²) in [6.45, 7) is 6.65. The van der Waals surface area contributed by atoms with Crippen LogP contribution in [0.5, 0.6) is 5.88 Å². The fourth-order valence-corrected chi connectivity index (χ4v) is 1.49. The van der Waals surface area contributed by atoms with Crippen LogP contribution in [-0.2, 0) is 6.61 Å². The molecule has 0 aliphatic rings. The van der Waals surface area contributed by atoms with Crippen LogP contribution in [0.4, 0.5) is 5.82 Å². The molecule has 0 radical (unpaired) electrons. The van der Waals surface area contributed by atoms with Gasteiger partial charge in [0.2, 0.25) is 5.88 Å². The molecule has 0 amide bonds. The zero-order valence-corrected chi connectivity index (χ0v) is 10.9. The number of pyridine rings is 1. The van der Waals surface area contributed by atoms with E-state index in [0.29, 0.717) is 12.5 Å². The van der Waals surface area contributed by atoms with E-state index in [9.17, 15) is 0 Å². The molecule has 0 aromatic carbocycles. The third kappa shape index (κ3) is 3.80. The highest BCUT2D eigenvalue weighted by molar-refractivity contribution is 5.39. The zero-order chi connectivity index (χ0) is 13.0. The van der Waals surface area contributed by atoms with Gasteiger partial charge in [-0.1, -0.05) is 6.07 Å². The molecule has 0 spiro atoms. The van der Waals surface area contributed by atoms with Crippen LogP contribution in [0.25, 0.3) is 0 Å². The Kier molecular flexibility index (Phi) is 3.55. The van der Waals surface area contributed by atoms with E-state index >= 15 is 0 Å². The first-order valence-corrected chi connectivity index (χ1v) is 5.93. The van der Waals surface area contributed by atoms with E-state index in [4.69, 9.17) is 9.15 Å². The minimum atomic E-state index is -0.0212. The Morgan fingerprint density at radius 2 is 2.06 bits per heavy atom. The Morgan fingerprint density at radius 1 is 1.22 bits per heavy atom. The van der Waals surface area contributed by atoms with Crippen molar-refractivity contribution in [3.63, 3.8) is 0 Å². The molecule has 18 heavy (non-hydrogen) atoms. The van der Waals surface area contributed by atoms with Gasteiger partial charge in [0.15, 0.2) is 0 Å². The summed E-state index contributed by atoms with van der Waals surface area (Å²) in [6, 6.07) is 9.38.